The van der Waals surface area contributed by atoms with Gasteiger partial charge >= 0.3 is 5.97 Å². The van der Waals surface area contributed by atoms with Crippen LogP contribution in [-0.4, -0.2) is 37.7 Å². The van der Waals surface area contributed by atoms with Crippen LogP contribution in [0.2, 0.25) is 0 Å². The summed E-state index contributed by atoms with van der Waals surface area (Å²) < 4.78 is 24.9. The molecule has 0 saturated heterocycles. The van der Waals surface area contributed by atoms with Gasteiger partial charge in [0, 0.05) is 11.0 Å². The summed E-state index contributed by atoms with van der Waals surface area (Å²) in [7, 11) is -3.94. The Labute approximate surface area is 130 Å². The summed E-state index contributed by atoms with van der Waals surface area (Å²) in [5.41, 5.74) is 0.189. The Kier molecular flexibility index (Phi) is 5.68. The van der Waals surface area contributed by atoms with Gasteiger partial charge in [-0.05, 0) is 24.6 Å². The summed E-state index contributed by atoms with van der Waals surface area (Å²) in [5, 5.41) is 11.3. The van der Waals surface area contributed by atoms with Crippen LogP contribution >= 0.6 is 15.9 Å². The smallest absolute Gasteiger partial charge is 0.335 e. The van der Waals surface area contributed by atoms with E-state index in [1.807, 2.05) is 0 Å². The van der Waals surface area contributed by atoms with E-state index in [1.54, 1.807) is 0 Å². The van der Waals surface area contributed by atoms with Gasteiger partial charge in [-0.3, -0.25) is 4.79 Å². The molecule has 114 valence electrons. The molecule has 0 aromatic heterocycles. The van der Waals surface area contributed by atoms with E-state index in [0.29, 0.717) is 10.0 Å². The van der Waals surface area contributed by atoms with Crippen molar-refractivity contribution in [3.05, 3.63) is 40.4 Å². The highest BCUT2D eigenvalue weighted by Crippen LogP contribution is 2.26. The molecule has 0 atom stereocenters. The summed E-state index contributed by atoms with van der Waals surface area (Å²) >= 11 is 3.12. The van der Waals surface area contributed by atoms with Gasteiger partial charge in [-0.15, -0.1) is 6.58 Å². The van der Waals surface area contributed by atoms with Gasteiger partial charge in [-0.25, -0.2) is 13.2 Å². The average molecular weight is 376 g/mol. The number of nitrogens with one attached hydrogen (secondary N) is 1. The van der Waals surface area contributed by atoms with E-state index in [0.717, 1.165) is 6.07 Å². The Morgan fingerprint density at radius 1 is 1.43 bits per heavy atom. The van der Waals surface area contributed by atoms with E-state index < -0.39 is 27.5 Å². The van der Waals surface area contributed by atoms with Gasteiger partial charge in [-0.2, -0.15) is 0 Å². The van der Waals surface area contributed by atoms with Gasteiger partial charge in [0.2, 0.25) is 5.91 Å². The summed E-state index contributed by atoms with van der Waals surface area (Å²) in [5.74, 6) is -2.67. The van der Waals surface area contributed by atoms with Crippen molar-refractivity contribution in [2.24, 2.45) is 0 Å². The minimum absolute atomic E-state index is 0.159. The molecule has 8 heteroatoms. The van der Waals surface area contributed by atoms with E-state index in [2.05, 4.69) is 27.8 Å². The van der Waals surface area contributed by atoms with E-state index in [1.165, 1.54) is 19.1 Å². The number of benzene rings is 1. The number of aromatic carboxylic acids is 1. The second-order valence-electron chi connectivity index (χ2n) is 4.24. The number of hydrogen-bond donors (Lipinski definition) is 2. The van der Waals surface area contributed by atoms with Crippen molar-refractivity contribution in [1.82, 2.24) is 5.32 Å². The molecule has 1 rings (SSSR count). The van der Waals surface area contributed by atoms with Gasteiger partial charge in [0.1, 0.15) is 5.75 Å². The van der Waals surface area contributed by atoms with Crippen molar-refractivity contribution < 1.29 is 23.1 Å². The molecule has 0 unspecified atom stereocenters. The minimum atomic E-state index is -3.94. The van der Waals surface area contributed by atoms with E-state index in [-0.39, 0.29) is 17.0 Å². The highest BCUT2D eigenvalue weighted by molar-refractivity contribution is 9.10. The maximum Gasteiger partial charge on any atom is 0.335 e. The fourth-order valence-corrected chi connectivity index (χ4v) is 3.66. The van der Waals surface area contributed by atoms with Crippen LogP contribution in [0, 0.1) is 6.92 Å². The summed E-state index contributed by atoms with van der Waals surface area (Å²) in [4.78, 5) is 22.4. The lowest BCUT2D eigenvalue weighted by Crippen LogP contribution is -2.30. The predicted molar refractivity (Wildman–Crippen MR) is 81.1 cm³/mol. The maximum atomic E-state index is 12.3. The first-order valence-electron chi connectivity index (χ1n) is 5.83. The highest BCUT2D eigenvalue weighted by atomic mass is 79.9. The van der Waals surface area contributed by atoms with Gasteiger partial charge in [0.15, 0.2) is 9.84 Å². The van der Waals surface area contributed by atoms with Crippen LogP contribution < -0.4 is 5.32 Å². The molecular formula is C13H14BrNO5S. The molecule has 1 aromatic carbocycles. The Morgan fingerprint density at radius 3 is 2.57 bits per heavy atom. The van der Waals surface area contributed by atoms with Gasteiger partial charge in [0.25, 0.3) is 0 Å². The number of sulfone groups is 1. The zero-order valence-electron chi connectivity index (χ0n) is 11.2. The SMILES string of the molecule is C=CCNC(=O)CS(=O)(=O)c1cc(C(=O)O)cc(Br)c1C. The number of hydrogen-bond acceptors (Lipinski definition) is 4. The van der Waals surface area contributed by atoms with E-state index >= 15 is 0 Å². The molecule has 1 amide bonds. The van der Waals surface area contributed by atoms with Crippen molar-refractivity contribution in [2.45, 2.75) is 11.8 Å². The van der Waals surface area contributed by atoms with Crippen LogP contribution in [0.1, 0.15) is 15.9 Å². The highest BCUT2D eigenvalue weighted by Gasteiger charge is 2.24. The first-order chi connectivity index (χ1) is 9.69. The molecule has 0 heterocycles. The fraction of sp³-hybridized carbons (Fsp3) is 0.231. The predicted octanol–water partition coefficient (Wildman–Crippen LogP) is 1.53. The fourth-order valence-electron chi connectivity index (χ4n) is 1.59. The van der Waals surface area contributed by atoms with Crippen LogP contribution in [0.15, 0.2) is 34.2 Å². The second kappa shape index (κ2) is 6.86. The van der Waals surface area contributed by atoms with Crippen LogP contribution in [0.4, 0.5) is 0 Å². The summed E-state index contributed by atoms with van der Waals surface area (Å²) in [6.07, 6.45) is 1.43. The molecule has 0 bridgehead atoms. The minimum Gasteiger partial charge on any atom is -0.478 e. The van der Waals surface area contributed by atoms with E-state index in [9.17, 15) is 18.0 Å². The molecule has 0 aliphatic carbocycles. The van der Waals surface area contributed by atoms with Gasteiger partial charge in [-0.1, -0.05) is 22.0 Å². The molecule has 0 radical (unpaired) electrons. The zero-order chi connectivity index (χ0) is 16.2. The third kappa shape index (κ3) is 4.40. The molecule has 21 heavy (non-hydrogen) atoms. The first kappa shape index (κ1) is 17.4. The second-order valence-corrected chi connectivity index (χ2v) is 7.05. The average Bonchev–Trinajstić information content (AvgIpc) is 2.38. The van der Waals surface area contributed by atoms with Gasteiger partial charge < -0.3 is 10.4 Å². The van der Waals surface area contributed by atoms with Crippen LogP contribution in [0.3, 0.4) is 0 Å². The van der Waals surface area contributed by atoms with Crippen molar-refractivity contribution >= 4 is 37.6 Å². The molecule has 1 aromatic rings. The third-order valence-corrected chi connectivity index (χ3v) is 5.20. The molecule has 0 spiro atoms. The zero-order valence-corrected chi connectivity index (χ0v) is 13.6. The monoisotopic (exact) mass is 375 g/mol. The topological polar surface area (TPSA) is 101 Å². The first-order valence-corrected chi connectivity index (χ1v) is 8.27. The summed E-state index contributed by atoms with van der Waals surface area (Å²) in [6.45, 7) is 5.10. The third-order valence-electron chi connectivity index (χ3n) is 2.64. The standard InChI is InChI=1S/C13H14BrNO5S/c1-3-4-15-12(16)7-21(19,20)11-6-9(13(17)18)5-10(14)8(11)2/h3,5-6H,1,4,7H2,2H3,(H,15,16)(H,17,18). The van der Waals surface area contributed by atoms with Crippen LogP contribution in [-0.2, 0) is 14.6 Å². The number of carbonyl (C=O) groups excluding carboxylic acids is 1. The Bertz CT molecular complexity index is 697. The van der Waals surface area contributed by atoms with Crippen LogP contribution in [0.5, 0.6) is 0 Å². The Morgan fingerprint density at radius 2 is 2.05 bits per heavy atom. The molecule has 0 saturated carbocycles. The maximum absolute atomic E-state index is 12.3. The number of carbonyl (C=O) groups is 2. The molecule has 0 aliphatic rings. The largest absolute Gasteiger partial charge is 0.478 e. The van der Waals surface area contributed by atoms with Crippen molar-refractivity contribution in [1.29, 1.82) is 0 Å². The van der Waals surface area contributed by atoms with E-state index in [4.69, 9.17) is 5.11 Å². The lowest BCUT2D eigenvalue weighted by atomic mass is 10.1. The number of halogens is 1. The Hall–Kier alpha value is -1.67. The molecule has 0 fully saturated rings. The number of carboxylic acid groups (broad SMARTS) is 1. The lowest BCUT2D eigenvalue weighted by molar-refractivity contribution is -0.118. The number of amides is 1. The van der Waals surface area contributed by atoms with Crippen molar-refractivity contribution in [3.63, 3.8) is 0 Å². The van der Waals surface area contributed by atoms with Crippen molar-refractivity contribution in [3.8, 4) is 0 Å². The summed E-state index contributed by atoms with van der Waals surface area (Å²) in [6, 6.07) is 2.37. The normalized spacial score (nSPS) is 11.0. The molecule has 0 aliphatic heterocycles. The van der Waals surface area contributed by atoms with Gasteiger partial charge in [0.05, 0.1) is 10.5 Å². The molecular weight excluding hydrogens is 362 g/mol. The quantitative estimate of drug-likeness (QED) is 0.734. The lowest BCUT2D eigenvalue weighted by Gasteiger charge is -2.10. The number of rotatable bonds is 6. The number of carboxylic acids is 1. The molecule has 2 N–H and O–H groups in total. The van der Waals surface area contributed by atoms with Crippen LogP contribution in [0.25, 0.3) is 0 Å². The molecule has 6 nitrogen and oxygen atoms in total. The Balaban J connectivity index is 3.22. The van der Waals surface area contributed by atoms with Crippen molar-refractivity contribution in [2.75, 3.05) is 12.3 Å².